The Kier molecular flexibility index (Phi) is 3.94. The van der Waals surface area contributed by atoms with Crippen molar-refractivity contribution in [3.8, 4) is 5.75 Å². The standard InChI is InChI=1S/C20H29NO2/c1-14-7-6-8-15(2)18(14)23-11-17(22)21-13-20(5)10-16(21)9-19(3,4)12-20/h6-8,16H,9-13H2,1-5H3/t16-,20-/m0/s1. The lowest BCUT2D eigenvalue weighted by Gasteiger charge is -2.39. The third-order valence-corrected chi connectivity index (χ3v) is 5.48. The number of carbonyl (C=O) groups excluding carboxylic acids is 1. The largest absolute Gasteiger partial charge is 0.483 e. The second kappa shape index (κ2) is 5.54. The Balaban J connectivity index is 1.68. The van der Waals surface area contributed by atoms with Crippen LogP contribution < -0.4 is 4.74 Å². The zero-order chi connectivity index (χ0) is 16.8. The van der Waals surface area contributed by atoms with E-state index >= 15 is 0 Å². The van der Waals surface area contributed by atoms with Gasteiger partial charge in [0.25, 0.3) is 5.91 Å². The number of hydrogen-bond donors (Lipinski definition) is 0. The molecule has 0 unspecified atom stereocenters. The van der Waals surface area contributed by atoms with E-state index in [1.807, 2.05) is 32.0 Å². The monoisotopic (exact) mass is 315 g/mol. The summed E-state index contributed by atoms with van der Waals surface area (Å²) >= 11 is 0. The van der Waals surface area contributed by atoms with Crippen molar-refractivity contribution in [3.63, 3.8) is 0 Å². The van der Waals surface area contributed by atoms with Crippen molar-refractivity contribution >= 4 is 5.91 Å². The lowest BCUT2D eigenvalue weighted by molar-refractivity contribution is -0.134. The molecule has 0 aromatic heterocycles. The van der Waals surface area contributed by atoms with E-state index in [2.05, 4.69) is 25.7 Å². The van der Waals surface area contributed by atoms with Gasteiger partial charge in [-0.2, -0.15) is 0 Å². The van der Waals surface area contributed by atoms with E-state index in [1.54, 1.807) is 0 Å². The minimum absolute atomic E-state index is 0.138. The third kappa shape index (κ3) is 3.24. The number of likely N-dealkylation sites (tertiary alicyclic amines) is 1. The summed E-state index contributed by atoms with van der Waals surface area (Å²) in [5, 5.41) is 0. The molecule has 1 aromatic carbocycles. The molecule has 1 aromatic rings. The molecule has 2 bridgehead atoms. The number of para-hydroxylation sites is 1. The first-order valence-corrected chi connectivity index (χ1v) is 8.68. The summed E-state index contributed by atoms with van der Waals surface area (Å²) in [5.74, 6) is 0.994. The van der Waals surface area contributed by atoms with Gasteiger partial charge in [0.1, 0.15) is 5.75 Å². The van der Waals surface area contributed by atoms with Gasteiger partial charge < -0.3 is 9.64 Å². The molecule has 1 amide bonds. The molecule has 2 aliphatic rings. The maximum Gasteiger partial charge on any atom is 0.260 e. The molecule has 23 heavy (non-hydrogen) atoms. The van der Waals surface area contributed by atoms with Gasteiger partial charge in [0.15, 0.2) is 6.61 Å². The second-order valence-corrected chi connectivity index (χ2v) is 8.74. The van der Waals surface area contributed by atoms with Crippen LogP contribution in [0.4, 0.5) is 0 Å². The fourth-order valence-electron chi connectivity index (χ4n) is 5.00. The summed E-state index contributed by atoms with van der Waals surface area (Å²) in [5.41, 5.74) is 2.79. The first kappa shape index (κ1) is 16.4. The van der Waals surface area contributed by atoms with Crippen molar-refractivity contribution in [2.24, 2.45) is 10.8 Å². The molecule has 3 rings (SSSR count). The molecule has 0 spiro atoms. The van der Waals surface area contributed by atoms with Crippen molar-refractivity contribution in [2.75, 3.05) is 13.2 Å². The quantitative estimate of drug-likeness (QED) is 0.840. The van der Waals surface area contributed by atoms with Crippen molar-refractivity contribution < 1.29 is 9.53 Å². The van der Waals surface area contributed by atoms with Crippen LogP contribution in [0, 0.1) is 24.7 Å². The molecule has 1 saturated carbocycles. The van der Waals surface area contributed by atoms with Gasteiger partial charge in [-0.15, -0.1) is 0 Å². The highest BCUT2D eigenvalue weighted by atomic mass is 16.5. The Labute approximate surface area is 140 Å². The van der Waals surface area contributed by atoms with Crippen molar-refractivity contribution in [1.82, 2.24) is 4.90 Å². The Bertz CT molecular complexity index is 602. The van der Waals surface area contributed by atoms with Crippen LogP contribution in [0.2, 0.25) is 0 Å². The average Bonchev–Trinajstić information content (AvgIpc) is 2.67. The summed E-state index contributed by atoms with van der Waals surface area (Å²) in [7, 11) is 0. The third-order valence-electron chi connectivity index (χ3n) is 5.48. The first-order valence-electron chi connectivity index (χ1n) is 8.68. The molecule has 1 aliphatic carbocycles. The summed E-state index contributed by atoms with van der Waals surface area (Å²) in [4.78, 5) is 14.8. The van der Waals surface area contributed by atoms with E-state index in [0.29, 0.717) is 11.5 Å². The topological polar surface area (TPSA) is 29.5 Å². The van der Waals surface area contributed by atoms with Crippen molar-refractivity contribution in [3.05, 3.63) is 29.3 Å². The fraction of sp³-hybridized carbons (Fsp3) is 0.650. The number of ether oxygens (including phenoxy) is 1. The first-order chi connectivity index (χ1) is 10.7. The normalized spacial score (nSPS) is 28.7. The van der Waals surface area contributed by atoms with Gasteiger partial charge in [0.05, 0.1) is 0 Å². The lowest BCUT2D eigenvalue weighted by atomic mass is 9.65. The minimum Gasteiger partial charge on any atom is -0.483 e. The van der Waals surface area contributed by atoms with E-state index in [-0.39, 0.29) is 17.9 Å². The average molecular weight is 315 g/mol. The zero-order valence-corrected chi connectivity index (χ0v) is 15.1. The summed E-state index contributed by atoms with van der Waals surface area (Å²) in [6, 6.07) is 6.46. The molecule has 3 heteroatoms. The highest BCUT2D eigenvalue weighted by Crippen LogP contribution is 2.52. The van der Waals surface area contributed by atoms with E-state index < -0.39 is 0 Å². The molecule has 2 fully saturated rings. The fourth-order valence-corrected chi connectivity index (χ4v) is 5.00. The number of rotatable bonds is 3. The SMILES string of the molecule is Cc1cccc(C)c1OCC(=O)N1C[C@@]2(C)C[C@@H]1CC(C)(C)C2. The van der Waals surface area contributed by atoms with Crippen LogP contribution in [-0.4, -0.2) is 30.0 Å². The summed E-state index contributed by atoms with van der Waals surface area (Å²) in [6.45, 7) is 12.1. The molecule has 1 saturated heterocycles. The highest BCUT2D eigenvalue weighted by Gasteiger charge is 2.50. The predicted molar refractivity (Wildman–Crippen MR) is 92.7 cm³/mol. The summed E-state index contributed by atoms with van der Waals surface area (Å²) in [6.07, 6.45) is 3.46. The zero-order valence-electron chi connectivity index (χ0n) is 15.1. The Hall–Kier alpha value is -1.51. The number of fused-ring (bicyclic) bond motifs is 2. The lowest BCUT2D eigenvalue weighted by Crippen LogP contribution is -2.40. The maximum absolute atomic E-state index is 12.7. The maximum atomic E-state index is 12.7. The van der Waals surface area contributed by atoms with Crippen LogP contribution in [0.5, 0.6) is 5.75 Å². The van der Waals surface area contributed by atoms with Crippen LogP contribution in [0.3, 0.4) is 0 Å². The van der Waals surface area contributed by atoms with Gasteiger partial charge in [0, 0.05) is 12.6 Å². The molecule has 0 N–H and O–H groups in total. The van der Waals surface area contributed by atoms with E-state index in [0.717, 1.165) is 36.3 Å². The molecular formula is C20H29NO2. The predicted octanol–water partition coefficient (Wildman–Crippen LogP) is 4.11. The van der Waals surface area contributed by atoms with Gasteiger partial charge >= 0.3 is 0 Å². The molecule has 0 radical (unpaired) electrons. The van der Waals surface area contributed by atoms with Crippen molar-refractivity contribution in [2.45, 2.75) is 59.9 Å². The minimum atomic E-state index is 0.138. The van der Waals surface area contributed by atoms with Crippen LogP contribution in [0.15, 0.2) is 18.2 Å². The van der Waals surface area contributed by atoms with Gasteiger partial charge in [-0.3, -0.25) is 4.79 Å². The number of amides is 1. The smallest absolute Gasteiger partial charge is 0.260 e. The number of hydrogen-bond acceptors (Lipinski definition) is 2. The van der Waals surface area contributed by atoms with Crippen LogP contribution in [0.25, 0.3) is 0 Å². The molecule has 1 aliphatic heterocycles. The highest BCUT2D eigenvalue weighted by molar-refractivity contribution is 5.78. The Morgan fingerprint density at radius 2 is 1.87 bits per heavy atom. The van der Waals surface area contributed by atoms with Crippen molar-refractivity contribution in [1.29, 1.82) is 0 Å². The Morgan fingerprint density at radius 1 is 1.22 bits per heavy atom. The van der Waals surface area contributed by atoms with E-state index in [9.17, 15) is 4.79 Å². The van der Waals surface area contributed by atoms with E-state index in [4.69, 9.17) is 4.74 Å². The van der Waals surface area contributed by atoms with Gasteiger partial charge in [-0.1, -0.05) is 39.0 Å². The van der Waals surface area contributed by atoms with Gasteiger partial charge in [-0.05, 0) is 55.1 Å². The Morgan fingerprint density at radius 3 is 2.52 bits per heavy atom. The van der Waals surface area contributed by atoms with E-state index in [1.165, 1.54) is 6.42 Å². The van der Waals surface area contributed by atoms with Gasteiger partial charge in [-0.25, -0.2) is 0 Å². The van der Waals surface area contributed by atoms with Crippen LogP contribution in [-0.2, 0) is 4.79 Å². The number of carbonyl (C=O) groups is 1. The molecule has 126 valence electrons. The van der Waals surface area contributed by atoms with Gasteiger partial charge in [0.2, 0.25) is 0 Å². The van der Waals surface area contributed by atoms with Crippen LogP contribution >= 0.6 is 0 Å². The molecule has 2 atom stereocenters. The number of aryl methyl sites for hydroxylation is 2. The second-order valence-electron chi connectivity index (χ2n) is 8.74. The summed E-state index contributed by atoms with van der Waals surface area (Å²) < 4.78 is 5.88. The number of nitrogens with zero attached hydrogens (tertiary/aromatic N) is 1. The molecule has 1 heterocycles. The number of benzene rings is 1. The molecular weight excluding hydrogens is 286 g/mol. The van der Waals surface area contributed by atoms with Crippen LogP contribution in [0.1, 0.15) is 51.2 Å². The molecule has 3 nitrogen and oxygen atoms in total.